The number of ether oxygens (including phenoxy) is 1. The van der Waals surface area contributed by atoms with Gasteiger partial charge in [0.05, 0.1) is 7.11 Å². The third-order valence-corrected chi connectivity index (χ3v) is 4.61. The number of furan rings is 1. The summed E-state index contributed by atoms with van der Waals surface area (Å²) in [4.78, 5) is 9.02. The smallest absolute Gasteiger partial charge is 0.224 e. The fourth-order valence-corrected chi connectivity index (χ4v) is 3.28. The molecular formula is C21H17N5O2. The van der Waals surface area contributed by atoms with E-state index in [1.54, 1.807) is 7.11 Å². The highest BCUT2D eigenvalue weighted by molar-refractivity contribution is 5.82. The summed E-state index contributed by atoms with van der Waals surface area (Å²) in [5.74, 6) is 2.33. The summed E-state index contributed by atoms with van der Waals surface area (Å²) in [7, 11) is 1.65. The van der Waals surface area contributed by atoms with Gasteiger partial charge in [-0.25, -0.2) is 4.98 Å². The van der Waals surface area contributed by atoms with E-state index in [0.29, 0.717) is 29.3 Å². The zero-order chi connectivity index (χ0) is 19.1. The van der Waals surface area contributed by atoms with Gasteiger partial charge in [-0.1, -0.05) is 36.4 Å². The van der Waals surface area contributed by atoms with Gasteiger partial charge in [-0.05, 0) is 18.2 Å². The summed E-state index contributed by atoms with van der Waals surface area (Å²) in [5, 5.41) is 5.53. The summed E-state index contributed by atoms with van der Waals surface area (Å²) in [6, 6.07) is 19.4. The number of aromatic nitrogens is 4. The van der Waals surface area contributed by atoms with Crippen molar-refractivity contribution in [3.8, 4) is 17.2 Å². The molecule has 2 aromatic carbocycles. The Morgan fingerprint density at radius 1 is 1.04 bits per heavy atom. The molecule has 5 rings (SSSR count). The zero-order valence-corrected chi connectivity index (χ0v) is 15.2. The SMILES string of the molecule is COc1ccccc1Cc1nc(N)n2nc(-c3cc4ccccc4o3)cc2n1. The van der Waals surface area contributed by atoms with Gasteiger partial charge in [0.25, 0.3) is 0 Å². The topological polar surface area (TPSA) is 91.5 Å². The van der Waals surface area contributed by atoms with Gasteiger partial charge >= 0.3 is 0 Å². The van der Waals surface area contributed by atoms with Crippen molar-refractivity contribution in [1.29, 1.82) is 0 Å². The largest absolute Gasteiger partial charge is 0.496 e. The molecule has 7 heteroatoms. The lowest BCUT2D eigenvalue weighted by Gasteiger charge is -2.08. The van der Waals surface area contributed by atoms with Crippen LogP contribution in [-0.2, 0) is 6.42 Å². The molecule has 0 amide bonds. The van der Waals surface area contributed by atoms with Crippen molar-refractivity contribution in [3.63, 3.8) is 0 Å². The van der Waals surface area contributed by atoms with Crippen LogP contribution in [0.1, 0.15) is 11.4 Å². The number of nitrogens with two attached hydrogens (primary N) is 1. The quantitative estimate of drug-likeness (QED) is 0.518. The summed E-state index contributed by atoms with van der Waals surface area (Å²) in [5.41, 5.74) is 9.21. The van der Waals surface area contributed by atoms with E-state index in [4.69, 9.17) is 14.9 Å². The highest BCUT2D eigenvalue weighted by atomic mass is 16.5. The van der Waals surface area contributed by atoms with E-state index in [1.165, 1.54) is 4.52 Å². The van der Waals surface area contributed by atoms with Crippen LogP contribution in [0, 0.1) is 0 Å². The highest BCUT2D eigenvalue weighted by Crippen LogP contribution is 2.28. The number of para-hydroxylation sites is 2. The van der Waals surface area contributed by atoms with E-state index in [2.05, 4.69) is 15.1 Å². The molecule has 7 nitrogen and oxygen atoms in total. The first-order valence-electron chi connectivity index (χ1n) is 8.84. The van der Waals surface area contributed by atoms with E-state index >= 15 is 0 Å². The molecule has 0 saturated carbocycles. The predicted octanol–water partition coefficient (Wildman–Crippen LogP) is 3.72. The minimum Gasteiger partial charge on any atom is -0.496 e. The number of fused-ring (bicyclic) bond motifs is 2. The molecule has 0 fully saturated rings. The van der Waals surface area contributed by atoms with Crippen molar-refractivity contribution in [2.45, 2.75) is 6.42 Å². The molecule has 0 atom stereocenters. The maximum atomic E-state index is 6.14. The Morgan fingerprint density at radius 3 is 2.71 bits per heavy atom. The minimum absolute atomic E-state index is 0.275. The number of rotatable bonds is 4. The average Bonchev–Trinajstić information content (AvgIpc) is 3.32. The molecule has 3 heterocycles. The highest BCUT2D eigenvalue weighted by Gasteiger charge is 2.15. The number of methoxy groups -OCH3 is 1. The maximum absolute atomic E-state index is 6.14. The van der Waals surface area contributed by atoms with Gasteiger partial charge in [0.1, 0.15) is 22.9 Å². The number of nitrogens with zero attached hydrogens (tertiary/aromatic N) is 4. The zero-order valence-electron chi connectivity index (χ0n) is 15.2. The molecule has 2 N–H and O–H groups in total. The number of hydrogen-bond acceptors (Lipinski definition) is 6. The fourth-order valence-electron chi connectivity index (χ4n) is 3.28. The lowest BCUT2D eigenvalue weighted by Crippen LogP contribution is -2.08. The monoisotopic (exact) mass is 371 g/mol. The van der Waals surface area contributed by atoms with Crippen LogP contribution in [-0.4, -0.2) is 26.7 Å². The van der Waals surface area contributed by atoms with Gasteiger partial charge in [-0.15, -0.1) is 0 Å². The van der Waals surface area contributed by atoms with E-state index < -0.39 is 0 Å². The molecule has 0 aliphatic rings. The first-order chi connectivity index (χ1) is 13.7. The predicted molar refractivity (Wildman–Crippen MR) is 106 cm³/mol. The molecule has 138 valence electrons. The second-order valence-electron chi connectivity index (χ2n) is 6.43. The number of hydrogen-bond donors (Lipinski definition) is 1. The Labute approximate surface area is 160 Å². The standard InChI is InChI=1S/C21H17N5O2/c1-27-16-8-4-2-7-14(16)11-19-23-20-12-15(25-26(20)21(22)24-19)18-10-13-6-3-5-9-17(13)28-18/h2-10,12H,11H2,1H3,(H2,22,23,24). The Balaban J connectivity index is 1.55. The van der Waals surface area contributed by atoms with Gasteiger partial charge in [0.2, 0.25) is 5.95 Å². The molecule has 28 heavy (non-hydrogen) atoms. The van der Waals surface area contributed by atoms with E-state index in [1.807, 2.05) is 60.7 Å². The van der Waals surface area contributed by atoms with E-state index in [0.717, 1.165) is 22.3 Å². The number of benzene rings is 2. The summed E-state index contributed by atoms with van der Waals surface area (Å²) >= 11 is 0. The average molecular weight is 371 g/mol. The van der Waals surface area contributed by atoms with Gasteiger partial charge in [0.15, 0.2) is 11.4 Å². The molecule has 0 radical (unpaired) electrons. The Bertz CT molecular complexity index is 1270. The van der Waals surface area contributed by atoms with E-state index in [-0.39, 0.29) is 5.95 Å². The Kier molecular flexibility index (Phi) is 3.72. The van der Waals surface area contributed by atoms with Crippen LogP contribution in [0.2, 0.25) is 0 Å². The van der Waals surface area contributed by atoms with Crippen molar-refractivity contribution in [2.24, 2.45) is 0 Å². The number of nitrogen functional groups attached to an aromatic ring is 1. The van der Waals surface area contributed by atoms with E-state index in [9.17, 15) is 0 Å². The summed E-state index contributed by atoms with van der Waals surface area (Å²) < 4.78 is 12.8. The first-order valence-corrected chi connectivity index (χ1v) is 8.84. The van der Waals surface area contributed by atoms with Crippen molar-refractivity contribution >= 4 is 22.6 Å². The van der Waals surface area contributed by atoms with Gasteiger partial charge in [-0.3, -0.25) is 0 Å². The van der Waals surface area contributed by atoms with Gasteiger partial charge < -0.3 is 14.9 Å². The van der Waals surface area contributed by atoms with Crippen LogP contribution >= 0.6 is 0 Å². The molecule has 5 aromatic rings. The van der Waals surface area contributed by atoms with Gasteiger partial charge in [0, 0.05) is 23.4 Å². The lowest BCUT2D eigenvalue weighted by molar-refractivity contribution is 0.410. The molecular weight excluding hydrogens is 354 g/mol. The molecule has 0 spiro atoms. The van der Waals surface area contributed by atoms with Crippen molar-refractivity contribution in [1.82, 2.24) is 19.6 Å². The van der Waals surface area contributed by atoms with Crippen molar-refractivity contribution < 1.29 is 9.15 Å². The lowest BCUT2D eigenvalue weighted by atomic mass is 10.1. The van der Waals surface area contributed by atoms with Crippen LogP contribution in [0.15, 0.2) is 65.1 Å². The van der Waals surface area contributed by atoms with Crippen LogP contribution in [0.4, 0.5) is 5.95 Å². The molecule has 0 unspecified atom stereocenters. The number of anilines is 1. The normalized spacial score (nSPS) is 11.3. The van der Waals surface area contributed by atoms with Crippen LogP contribution in [0.25, 0.3) is 28.1 Å². The second-order valence-corrected chi connectivity index (χ2v) is 6.43. The molecule has 0 aliphatic carbocycles. The Hall–Kier alpha value is -3.87. The third kappa shape index (κ3) is 2.73. The van der Waals surface area contributed by atoms with Gasteiger partial charge in [-0.2, -0.15) is 14.6 Å². The Morgan fingerprint density at radius 2 is 1.86 bits per heavy atom. The fraction of sp³-hybridized carbons (Fsp3) is 0.0952. The summed E-state index contributed by atoms with van der Waals surface area (Å²) in [6.07, 6.45) is 0.510. The van der Waals surface area contributed by atoms with Crippen LogP contribution < -0.4 is 10.5 Å². The molecule has 3 aromatic heterocycles. The third-order valence-electron chi connectivity index (χ3n) is 4.61. The minimum atomic E-state index is 0.275. The van der Waals surface area contributed by atoms with Crippen molar-refractivity contribution in [3.05, 3.63) is 72.1 Å². The van der Waals surface area contributed by atoms with Crippen LogP contribution in [0.5, 0.6) is 5.75 Å². The maximum Gasteiger partial charge on any atom is 0.224 e. The molecule has 0 saturated heterocycles. The molecule has 0 bridgehead atoms. The first kappa shape index (κ1) is 16.3. The van der Waals surface area contributed by atoms with Crippen molar-refractivity contribution in [2.75, 3.05) is 12.8 Å². The molecule has 0 aliphatic heterocycles. The summed E-state index contributed by atoms with van der Waals surface area (Å²) in [6.45, 7) is 0. The second kappa shape index (κ2) is 6.38. The van der Waals surface area contributed by atoms with Crippen LogP contribution in [0.3, 0.4) is 0 Å².